The number of primary amides is 1. The van der Waals surface area contributed by atoms with Gasteiger partial charge in [0.05, 0.1) is 0 Å². The van der Waals surface area contributed by atoms with Crippen molar-refractivity contribution in [3.8, 4) is 22.8 Å². The van der Waals surface area contributed by atoms with Crippen LogP contribution < -0.4 is 15.2 Å². The van der Waals surface area contributed by atoms with Crippen LogP contribution in [0, 0.1) is 0 Å². The van der Waals surface area contributed by atoms with Gasteiger partial charge in [-0.15, -0.1) is 13.2 Å². The Hall–Kier alpha value is -3.56. The standard InChI is InChI=1S/C17H13F3N4O3/c18-17(19,20)27-13-7-5-12(6-8-13)26-9-10-1-3-11(4-2-10)14-15(16(21)25)23-24-22-14/h1-8H,9H2,(H2,21,25)(H,22,23,24). The fraction of sp³-hybridized carbons (Fsp3) is 0.118. The molecule has 3 aromatic rings. The van der Waals surface area contributed by atoms with Crippen molar-refractivity contribution in [1.82, 2.24) is 15.4 Å². The molecule has 0 saturated heterocycles. The van der Waals surface area contributed by atoms with Crippen LogP contribution in [-0.2, 0) is 6.61 Å². The molecular formula is C17H13F3N4O3. The maximum Gasteiger partial charge on any atom is 0.573 e. The summed E-state index contributed by atoms with van der Waals surface area (Å²) in [5, 5.41) is 9.96. The van der Waals surface area contributed by atoms with Gasteiger partial charge < -0.3 is 15.2 Å². The number of benzene rings is 2. The normalized spacial score (nSPS) is 11.2. The lowest BCUT2D eigenvalue weighted by molar-refractivity contribution is -0.274. The number of ether oxygens (including phenoxy) is 2. The zero-order valence-electron chi connectivity index (χ0n) is 13.7. The van der Waals surface area contributed by atoms with Crippen LogP contribution in [0.3, 0.4) is 0 Å². The third kappa shape index (κ3) is 4.75. The number of amides is 1. The summed E-state index contributed by atoms with van der Waals surface area (Å²) < 4.78 is 45.7. The number of hydrogen-bond acceptors (Lipinski definition) is 5. The van der Waals surface area contributed by atoms with Crippen molar-refractivity contribution in [2.75, 3.05) is 0 Å². The van der Waals surface area contributed by atoms with Gasteiger partial charge in [-0.25, -0.2) is 0 Å². The third-order valence-corrected chi connectivity index (χ3v) is 3.47. The van der Waals surface area contributed by atoms with Gasteiger partial charge in [0, 0.05) is 5.56 Å². The lowest BCUT2D eigenvalue weighted by Crippen LogP contribution is -2.16. The SMILES string of the molecule is NC(=O)c1n[nH]nc1-c1ccc(COc2ccc(OC(F)(F)F)cc2)cc1. The smallest absolute Gasteiger partial charge is 0.489 e. The van der Waals surface area contributed by atoms with E-state index in [4.69, 9.17) is 10.5 Å². The first-order valence-electron chi connectivity index (χ1n) is 7.60. The number of rotatable bonds is 6. The van der Waals surface area contributed by atoms with E-state index in [2.05, 4.69) is 20.1 Å². The van der Waals surface area contributed by atoms with Crippen molar-refractivity contribution < 1.29 is 27.4 Å². The molecule has 7 nitrogen and oxygen atoms in total. The van der Waals surface area contributed by atoms with Crippen molar-refractivity contribution in [1.29, 1.82) is 0 Å². The summed E-state index contributed by atoms with van der Waals surface area (Å²) in [6.45, 7) is 0.196. The van der Waals surface area contributed by atoms with Gasteiger partial charge >= 0.3 is 6.36 Å². The Morgan fingerprint density at radius 1 is 1.00 bits per heavy atom. The Balaban J connectivity index is 1.62. The maximum absolute atomic E-state index is 12.1. The van der Waals surface area contributed by atoms with Crippen LogP contribution in [0.4, 0.5) is 13.2 Å². The lowest BCUT2D eigenvalue weighted by Gasteiger charge is -2.10. The number of H-pyrrole nitrogens is 1. The first-order valence-corrected chi connectivity index (χ1v) is 7.60. The first kappa shape index (κ1) is 18.2. The highest BCUT2D eigenvalue weighted by atomic mass is 19.4. The number of hydrogen-bond donors (Lipinski definition) is 2. The molecular weight excluding hydrogens is 365 g/mol. The summed E-state index contributed by atoms with van der Waals surface area (Å²) in [5.74, 6) is -0.623. The molecule has 3 rings (SSSR count). The van der Waals surface area contributed by atoms with Crippen LogP contribution in [0.5, 0.6) is 11.5 Å². The van der Waals surface area contributed by atoms with E-state index in [9.17, 15) is 18.0 Å². The summed E-state index contributed by atoms with van der Waals surface area (Å²) in [4.78, 5) is 11.3. The number of carbonyl (C=O) groups excluding carboxylic acids is 1. The highest BCUT2D eigenvalue weighted by Crippen LogP contribution is 2.25. The molecule has 0 radical (unpaired) electrons. The zero-order chi connectivity index (χ0) is 19.4. The molecule has 0 bridgehead atoms. The second kappa shape index (κ2) is 7.36. The molecule has 1 heterocycles. The highest BCUT2D eigenvalue weighted by Gasteiger charge is 2.30. The average molecular weight is 378 g/mol. The summed E-state index contributed by atoms with van der Waals surface area (Å²) in [6.07, 6.45) is -4.73. The van der Waals surface area contributed by atoms with Crippen LogP contribution in [0.25, 0.3) is 11.3 Å². The van der Waals surface area contributed by atoms with Gasteiger partial charge in [0.2, 0.25) is 0 Å². The number of nitrogens with two attached hydrogens (primary N) is 1. The number of halogens is 3. The largest absolute Gasteiger partial charge is 0.573 e. The molecule has 0 aliphatic heterocycles. The Bertz CT molecular complexity index is 922. The average Bonchev–Trinajstić information content (AvgIpc) is 3.10. The van der Waals surface area contributed by atoms with Gasteiger partial charge in [-0.1, -0.05) is 24.3 Å². The minimum atomic E-state index is -4.73. The summed E-state index contributed by atoms with van der Waals surface area (Å²) in [6, 6.07) is 12.1. The molecule has 27 heavy (non-hydrogen) atoms. The number of aromatic nitrogens is 3. The van der Waals surface area contributed by atoms with Crippen LogP contribution >= 0.6 is 0 Å². The zero-order valence-corrected chi connectivity index (χ0v) is 13.7. The molecule has 140 valence electrons. The van der Waals surface area contributed by atoms with Gasteiger partial charge in [-0.3, -0.25) is 4.79 Å². The van der Waals surface area contributed by atoms with E-state index in [1.165, 1.54) is 24.3 Å². The molecule has 2 aromatic carbocycles. The Morgan fingerprint density at radius 2 is 1.63 bits per heavy atom. The van der Waals surface area contributed by atoms with Crippen LogP contribution in [-0.4, -0.2) is 27.7 Å². The van der Waals surface area contributed by atoms with Crippen LogP contribution in [0.15, 0.2) is 48.5 Å². The van der Waals surface area contributed by atoms with E-state index >= 15 is 0 Å². The fourth-order valence-corrected chi connectivity index (χ4v) is 2.27. The highest BCUT2D eigenvalue weighted by molar-refractivity contribution is 5.96. The van der Waals surface area contributed by atoms with E-state index in [0.717, 1.165) is 5.56 Å². The van der Waals surface area contributed by atoms with Crippen LogP contribution in [0.2, 0.25) is 0 Å². The van der Waals surface area contributed by atoms with E-state index in [-0.39, 0.29) is 18.1 Å². The predicted molar refractivity (Wildman–Crippen MR) is 87.8 cm³/mol. The van der Waals surface area contributed by atoms with Crippen molar-refractivity contribution in [2.45, 2.75) is 13.0 Å². The van der Waals surface area contributed by atoms with E-state index in [1.54, 1.807) is 24.3 Å². The second-order valence-electron chi connectivity index (χ2n) is 5.39. The van der Waals surface area contributed by atoms with E-state index in [0.29, 0.717) is 17.0 Å². The van der Waals surface area contributed by atoms with Crippen LogP contribution in [0.1, 0.15) is 16.1 Å². The Morgan fingerprint density at radius 3 is 2.22 bits per heavy atom. The Kier molecular flexibility index (Phi) is 4.97. The molecule has 0 atom stereocenters. The van der Waals surface area contributed by atoms with Gasteiger partial charge in [0.15, 0.2) is 5.69 Å². The minimum Gasteiger partial charge on any atom is -0.489 e. The molecule has 3 N–H and O–H groups in total. The monoisotopic (exact) mass is 378 g/mol. The molecule has 0 spiro atoms. The third-order valence-electron chi connectivity index (χ3n) is 3.47. The van der Waals surface area contributed by atoms with Crippen molar-refractivity contribution in [2.24, 2.45) is 5.73 Å². The molecule has 0 aliphatic rings. The molecule has 0 saturated carbocycles. The number of nitrogens with one attached hydrogen (secondary N) is 1. The molecule has 0 aliphatic carbocycles. The van der Waals surface area contributed by atoms with E-state index < -0.39 is 12.3 Å². The van der Waals surface area contributed by atoms with Crippen molar-refractivity contribution >= 4 is 5.91 Å². The van der Waals surface area contributed by atoms with Crippen molar-refractivity contribution in [3.63, 3.8) is 0 Å². The quantitative estimate of drug-likeness (QED) is 0.686. The summed E-state index contributed by atoms with van der Waals surface area (Å²) in [7, 11) is 0. The van der Waals surface area contributed by atoms with Crippen molar-refractivity contribution in [3.05, 3.63) is 59.8 Å². The maximum atomic E-state index is 12.1. The topological polar surface area (TPSA) is 103 Å². The number of alkyl halides is 3. The lowest BCUT2D eigenvalue weighted by atomic mass is 10.1. The summed E-state index contributed by atoms with van der Waals surface area (Å²) in [5.41, 5.74) is 7.07. The fourth-order valence-electron chi connectivity index (χ4n) is 2.27. The molecule has 10 heteroatoms. The molecule has 1 aromatic heterocycles. The molecule has 0 fully saturated rings. The number of nitrogens with zero attached hydrogens (tertiary/aromatic N) is 2. The Labute approximate surface area is 150 Å². The van der Waals surface area contributed by atoms with Gasteiger partial charge in [-0.2, -0.15) is 15.4 Å². The minimum absolute atomic E-state index is 0.0418. The van der Waals surface area contributed by atoms with Gasteiger partial charge in [0.1, 0.15) is 23.8 Å². The van der Waals surface area contributed by atoms with E-state index in [1.807, 2.05) is 0 Å². The molecule has 0 unspecified atom stereocenters. The summed E-state index contributed by atoms with van der Waals surface area (Å²) >= 11 is 0. The van der Waals surface area contributed by atoms with Gasteiger partial charge in [0.25, 0.3) is 5.91 Å². The molecule has 1 amide bonds. The second-order valence-corrected chi connectivity index (χ2v) is 5.39. The number of carbonyl (C=O) groups is 1. The van der Waals surface area contributed by atoms with Gasteiger partial charge in [-0.05, 0) is 29.8 Å². The first-order chi connectivity index (χ1) is 12.8. The number of aromatic amines is 1. The predicted octanol–water partition coefficient (Wildman–Crippen LogP) is 3.05.